The normalized spacial score (nSPS) is 15.2. The molecule has 0 aromatic heterocycles. The summed E-state index contributed by atoms with van der Waals surface area (Å²) in [6.45, 7) is 0. The van der Waals surface area contributed by atoms with Gasteiger partial charge >= 0.3 is 3.73 Å². The van der Waals surface area contributed by atoms with Gasteiger partial charge in [0, 0.05) is 0 Å². The zero-order valence-electron chi connectivity index (χ0n) is 5.98. The van der Waals surface area contributed by atoms with Crippen LogP contribution in [0.25, 0.3) is 0 Å². The summed E-state index contributed by atoms with van der Waals surface area (Å²) in [6, 6.07) is 8.03. The molecule has 1 atom stereocenters. The van der Waals surface area contributed by atoms with E-state index in [1.165, 1.54) is 34.7 Å². The molecule has 1 aromatic rings. The van der Waals surface area contributed by atoms with Crippen molar-refractivity contribution in [1.29, 1.82) is 0 Å². The van der Waals surface area contributed by atoms with Gasteiger partial charge in [-0.25, -0.2) is 0 Å². The van der Waals surface area contributed by atoms with Gasteiger partial charge in [-0.3, -0.25) is 10.1 Å². The highest BCUT2D eigenvalue weighted by Gasteiger charge is 2.38. The molecule has 1 N–H and O–H groups in total. The van der Waals surface area contributed by atoms with Gasteiger partial charge in [0.05, 0.1) is 33.1 Å². The van der Waals surface area contributed by atoms with Gasteiger partial charge in [0.25, 0.3) is 0 Å². The van der Waals surface area contributed by atoms with Gasteiger partial charge in [0.1, 0.15) is 0 Å². The lowest BCUT2D eigenvalue weighted by molar-refractivity contribution is -0.589. The quantitative estimate of drug-likeness (QED) is 0.223. The molecule has 0 spiro atoms. The molecule has 0 amide bonds. The van der Waals surface area contributed by atoms with Crippen molar-refractivity contribution < 1.29 is 10.0 Å². The highest BCUT2D eigenvalue weighted by atomic mass is 127. The van der Waals surface area contributed by atoms with Crippen LogP contribution in [0.4, 0.5) is 0 Å². The second-order valence-corrected chi connectivity index (χ2v) is 3.71. The molecule has 5 heteroatoms. The van der Waals surface area contributed by atoms with E-state index in [2.05, 4.69) is 0 Å². The third-order valence-electron chi connectivity index (χ3n) is 1.38. The molecule has 12 heavy (non-hydrogen) atoms. The number of halogens is 1. The lowest BCUT2D eigenvalue weighted by Gasteiger charge is -2.11. The van der Waals surface area contributed by atoms with Crippen molar-refractivity contribution in [2.75, 3.05) is 0 Å². The minimum atomic E-state index is -2.01. The average molecular weight is 279 g/mol. The Morgan fingerprint density at radius 1 is 1.42 bits per heavy atom. The topological polar surface area (TPSA) is 63.4 Å². The lowest BCUT2D eigenvalue weighted by atomic mass is 10.2. The fourth-order valence-electron chi connectivity index (χ4n) is 0.756. The summed E-state index contributed by atoms with van der Waals surface area (Å²) in [5, 5.41) is 19.7. The first kappa shape index (κ1) is 9.40. The van der Waals surface area contributed by atoms with Crippen LogP contribution in [0.15, 0.2) is 30.3 Å². The number of alkyl halides is 1. The highest BCUT2D eigenvalue weighted by Crippen LogP contribution is 2.28. The van der Waals surface area contributed by atoms with Crippen molar-refractivity contribution in [2.45, 2.75) is 3.73 Å². The second-order valence-electron chi connectivity index (χ2n) is 2.21. The molecule has 1 rings (SSSR count). The van der Waals surface area contributed by atoms with Crippen LogP contribution in [0.1, 0.15) is 5.56 Å². The van der Waals surface area contributed by atoms with Crippen molar-refractivity contribution in [3.05, 3.63) is 46.0 Å². The molecule has 4 nitrogen and oxygen atoms in total. The predicted molar refractivity (Wildman–Crippen MR) is 51.4 cm³/mol. The summed E-state index contributed by atoms with van der Waals surface area (Å²) < 4.78 is -2.01. The third kappa shape index (κ3) is 1.72. The molecule has 0 saturated carbocycles. The predicted octanol–water partition coefficient (Wildman–Crippen LogP) is 1.50. The Morgan fingerprint density at radius 3 is 2.33 bits per heavy atom. The minimum absolute atomic E-state index is 0.274. The Balaban J connectivity index is 3.06. The third-order valence-corrected chi connectivity index (χ3v) is 2.40. The van der Waals surface area contributed by atoms with E-state index in [1.54, 1.807) is 18.2 Å². The molecule has 1 aromatic carbocycles. The van der Waals surface area contributed by atoms with Gasteiger partial charge in [-0.05, 0) is 12.1 Å². The second kappa shape index (κ2) is 3.36. The molecule has 0 aliphatic carbocycles. The molecule has 0 saturated heterocycles. The molecule has 0 heterocycles. The van der Waals surface area contributed by atoms with E-state index in [-0.39, 0.29) is 5.56 Å². The molecule has 0 fully saturated rings. The maximum absolute atomic E-state index is 10.4. The summed E-state index contributed by atoms with van der Waals surface area (Å²) >= 11 is 1.39. The first-order valence-electron chi connectivity index (χ1n) is 3.16. The lowest BCUT2D eigenvalue weighted by Crippen LogP contribution is -2.27. The van der Waals surface area contributed by atoms with Crippen LogP contribution in [0.5, 0.6) is 0 Å². The molecular formula is C7H6INO3. The van der Waals surface area contributed by atoms with Crippen LogP contribution in [-0.4, -0.2) is 10.0 Å². The first-order valence-corrected chi connectivity index (χ1v) is 4.24. The van der Waals surface area contributed by atoms with Gasteiger partial charge in [-0.1, -0.05) is 18.2 Å². The standard InChI is InChI=1S/C7H6INO3/c8-7(10,9(11)12)6-4-2-1-3-5-6/h1-5,10H. The van der Waals surface area contributed by atoms with Crippen LogP contribution in [0.2, 0.25) is 0 Å². The number of rotatable bonds is 2. The number of aliphatic hydroxyl groups is 1. The summed E-state index contributed by atoms with van der Waals surface area (Å²) in [5.41, 5.74) is 0.274. The highest BCUT2D eigenvalue weighted by molar-refractivity contribution is 14.1. The van der Waals surface area contributed by atoms with Crippen molar-refractivity contribution in [3.63, 3.8) is 0 Å². The summed E-state index contributed by atoms with van der Waals surface area (Å²) in [4.78, 5) is 9.64. The molecular weight excluding hydrogens is 273 g/mol. The average Bonchev–Trinajstić information content (AvgIpc) is 2.06. The summed E-state index contributed by atoms with van der Waals surface area (Å²) in [5.74, 6) is 0. The first-order chi connectivity index (χ1) is 5.55. The van der Waals surface area contributed by atoms with E-state index >= 15 is 0 Å². The van der Waals surface area contributed by atoms with Crippen LogP contribution in [0.3, 0.4) is 0 Å². The van der Waals surface area contributed by atoms with E-state index in [1.807, 2.05) is 0 Å². The largest absolute Gasteiger partial charge is 0.398 e. The van der Waals surface area contributed by atoms with Crippen LogP contribution in [0, 0.1) is 10.1 Å². The van der Waals surface area contributed by atoms with Crippen molar-refractivity contribution in [2.24, 2.45) is 0 Å². The Labute approximate surface area is 82.5 Å². The Kier molecular flexibility index (Phi) is 2.63. The van der Waals surface area contributed by atoms with Gasteiger partial charge in [0.2, 0.25) is 0 Å². The van der Waals surface area contributed by atoms with Crippen LogP contribution < -0.4 is 0 Å². The fourth-order valence-corrected chi connectivity index (χ4v) is 1.12. The van der Waals surface area contributed by atoms with E-state index in [9.17, 15) is 15.2 Å². The SMILES string of the molecule is O=[N+]([O-])C(O)(I)c1ccccc1. The van der Waals surface area contributed by atoms with Gasteiger partial charge in [-0.2, -0.15) is 0 Å². The number of nitro groups is 1. The summed E-state index contributed by atoms with van der Waals surface area (Å²) in [7, 11) is 0. The molecule has 64 valence electrons. The van der Waals surface area contributed by atoms with Crippen molar-refractivity contribution in [3.8, 4) is 0 Å². The van der Waals surface area contributed by atoms with Crippen molar-refractivity contribution >= 4 is 22.6 Å². The van der Waals surface area contributed by atoms with E-state index < -0.39 is 8.66 Å². The Hall–Kier alpha value is -0.690. The van der Waals surface area contributed by atoms with E-state index in [4.69, 9.17) is 0 Å². The Morgan fingerprint density at radius 2 is 1.92 bits per heavy atom. The van der Waals surface area contributed by atoms with E-state index in [0.717, 1.165) is 0 Å². The molecule has 1 unspecified atom stereocenters. The van der Waals surface area contributed by atoms with Crippen LogP contribution >= 0.6 is 22.6 Å². The number of hydrogen-bond acceptors (Lipinski definition) is 3. The fraction of sp³-hybridized carbons (Fsp3) is 0.143. The smallest absolute Gasteiger partial charge is 0.319 e. The molecule has 0 aliphatic rings. The van der Waals surface area contributed by atoms with Crippen molar-refractivity contribution in [1.82, 2.24) is 0 Å². The number of benzene rings is 1. The number of nitrogens with zero attached hydrogens (tertiary/aromatic N) is 1. The monoisotopic (exact) mass is 279 g/mol. The maximum Gasteiger partial charge on any atom is 0.398 e. The minimum Gasteiger partial charge on any atom is -0.319 e. The van der Waals surface area contributed by atoms with Crippen LogP contribution in [-0.2, 0) is 3.73 Å². The zero-order valence-corrected chi connectivity index (χ0v) is 8.13. The van der Waals surface area contributed by atoms with Gasteiger partial charge < -0.3 is 5.11 Å². The van der Waals surface area contributed by atoms with Gasteiger partial charge in [-0.15, -0.1) is 0 Å². The molecule has 0 bridgehead atoms. The maximum atomic E-state index is 10.4. The summed E-state index contributed by atoms with van der Waals surface area (Å²) in [6.07, 6.45) is 0. The van der Waals surface area contributed by atoms with Gasteiger partial charge in [0.15, 0.2) is 0 Å². The number of hydrogen-bond donors (Lipinski definition) is 1. The van der Waals surface area contributed by atoms with E-state index in [0.29, 0.717) is 0 Å². The molecule has 0 aliphatic heterocycles. The zero-order chi connectivity index (χ0) is 9.19. The molecule has 0 radical (unpaired) electrons. The Bertz CT molecular complexity index is 286.